The van der Waals surface area contributed by atoms with Gasteiger partial charge < -0.3 is 16.4 Å². The van der Waals surface area contributed by atoms with Crippen LogP contribution >= 0.6 is 0 Å². The first-order valence-electron chi connectivity index (χ1n) is 10.7. The summed E-state index contributed by atoms with van der Waals surface area (Å²) in [4.78, 5) is 10.5. The molecule has 0 atom stereocenters. The van der Waals surface area contributed by atoms with Crippen molar-refractivity contribution in [1.29, 1.82) is 0 Å². The normalized spacial score (nSPS) is 11.0. The van der Waals surface area contributed by atoms with Crippen molar-refractivity contribution in [3.05, 3.63) is 18.2 Å². The Morgan fingerprint density at radius 3 is 1.73 bits per heavy atom. The zero-order valence-corrected chi connectivity index (χ0v) is 16.8. The van der Waals surface area contributed by atoms with Crippen LogP contribution in [0.1, 0.15) is 96.8 Å². The van der Waals surface area contributed by atoms with Gasteiger partial charge in [0.2, 0.25) is 0 Å². The molecule has 4 N–H and O–H groups in total. The van der Waals surface area contributed by atoms with Crippen LogP contribution in [0.2, 0.25) is 0 Å². The molecular weight excluding hydrogens is 324 g/mol. The highest BCUT2D eigenvalue weighted by Gasteiger charge is 2.02. The van der Waals surface area contributed by atoms with Gasteiger partial charge in [0.1, 0.15) is 0 Å². The highest BCUT2D eigenvalue weighted by Crippen LogP contribution is 2.24. The number of rotatable bonds is 17. The van der Waals surface area contributed by atoms with Gasteiger partial charge >= 0.3 is 0 Å². The van der Waals surface area contributed by atoms with Crippen molar-refractivity contribution in [2.45, 2.75) is 96.8 Å². The molecule has 0 spiro atoms. The second kappa shape index (κ2) is 15.8. The lowest BCUT2D eigenvalue weighted by atomic mass is 10.0. The fourth-order valence-corrected chi connectivity index (χ4v) is 3.08. The summed E-state index contributed by atoms with van der Waals surface area (Å²) >= 11 is 0. The average molecular weight is 365 g/mol. The van der Waals surface area contributed by atoms with Gasteiger partial charge in [0.15, 0.2) is 5.75 Å². The minimum atomic E-state index is 0.496. The second-order valence-corrected chi connectivity index (χ2v) is 7.30. The molecule has 0 saturated heterocycles. The summed E-state index contributed by atoms with van der Waals surface area (Å²) in [5.41, 5.74) is 12.7. The van der Waals surface area contributed by atoms with Gasteiger partial charge in [0.25, 0.3) is 0 Å². The largest absolute Gasteiger partial charge is 0.399 e. The van der Waals surface area contributed by atoms with Crippen LogP contribution in [0.3, 0.4) is 0 Å². The van der Waals surface area contributed by atoms with E-state index in [1.165, 1.54) is 83.5 Å². The maximum atomic E-state index is 5.80. The molecule has 0 aromatic heterocycles. The monoisotopic (exact) mass is 364 g/mol. The van der Waals surface area contributed by atoms with Gasteiger partial charge in [-0.3, -0.25) is 0 Å². The van der Waals surface area contributed by atoms with Crippen LogP contribution in [0, 0.1) is 0 Å². The number of nitrogen functional groups attached to an aromatic ring is 2. The summed E-state index contributed by atoms with van der Waals surface area (Å²) in [6.07, 6.45) is 18.9. The number of unbranched alkanes of at least 4 members (excludes halogenated alkanes) is 13. The van der Waals surface area contributed by atoms with E-state index < -0.39 is 0 Å². The highest BCUT2D eigenvalue weighted by atomic mass is 17.2. The van der Waals surface area contributed by atoms with Crippen molar-refractivity contribution < 1.29 is 9.78 Å². The maximum absolute atomic E-state index is 5.80. The lowest BCUT2D eigenvalue weighted by Crippen LogP contribution is -2.02. The van der Waals surface area contributed by atoms with E-state index in [2.05, 4.69) is 6.92 Å². The Labute approximate surface area is 160 Å². The number of hydrogen-bond donors (Lipinski definition) is 2. The smallest absolute Gasteiger partial charge is 0.190 e. The molecule has 150 valence electrons. The van der Waals surface area contributed by atoms with Gasteiger partial charge in [-0.25, -0.2) is 0 Å². The SMILES string of the molecule is CCCCCCCCCCCCCCCCOOc1cc(N)ccc1N. The predicted octanol–water partition coefficient (Wildman–Crippen LogP) is 6.64. The van der Waals surface area contributed by atoms with Crippen molar-refractivity contribution in [3.63, 3.8) is 0 Å². The van der Waals surface area contributed by atoms with Gasteiger partial charge in [0, 0.05) is 11.8 Å². The van der Waals surface area contributed by atoms with Crippen LogP contribution < -0.4 is 16.4 Å². The molecule has 0 unspecified atom stereocenters. The average Bonchev–Trinajstić information content (AvgIpc) is 2.64. The number of benzene rings is 1. The van der Waals surface area contributed by atoms with Crippen molar-refractivity contribution in [2.75, 3.05) is 18.1 Å². The van der Waals surface area contributed by atoms with E-state index in [0.717, 1.165) is 6.42 Å². The van der Waals surface area contributed by atoms with Gasteiger partial charge in [-0.2, -0.15) is 4.89 Å². The minimum Gasteiger partial charge on any atom is -0.399 e. The summed E-state index contributed by atoms with van der Waals surface area (Å²) in [7, 11) is 0. The number of nitrogens with two attached hydrogens (primary N) is 2. The molecule has 0 aliphatic carbocycles. The van der Waals surface area contributed by atoms with Gasteiger partial charge in [-0.1, -0.05) is 90.4 Å². The Balaban J connectivity index is 1.80. The van der Waals surface area contributed by atoms with Crippen molar-refractivity contribution in [2.24, 2.45) is 0 Å². The lowest BCUT2D eigenvalue weighted by molar-refractivity contribution is -0.206. The fourth-order valence-electron chi connectivity index (χ4n) is 3.08. The molecule has 4 nitrogen and oxygen atoms in total. The molecule has 4 heteroatoms. The number of anilines is 2. The third kappa shape index (κ3) is 12.0. The fraction of sp³-hybridized carbons (Fsp3) is 0.727. The zero-order valence-electron chi connectivity index (χ0n) is 16.8. The first-order chi connectivity index (χ1) is 12.7. The first-order valence-corrected chi connectivity index (χ1v) is 10.7. The van der Waals surface area contributed by atoms with Crippen molar-refractivity contribution >= 4 is 11.4 Å². The highest BCUT2D eigenvalue weighted by molar-refractivity contribution is 5.59. The summed E-state index contributed by atoms with van der Waals surface area (Å²) in [6.45, 7) is 2.87. The third-order valence-corrected chi connectivity index (χ3v) is 4.77. The molecule has 0 saturated carbocycles. The minimum absolute atomic E-state index is 0.496. The van der Waals surface area contributed by atoms with E-state index in [4.69, 9.17) is 21.2 Å². The van der Waals surface area contributed by atoms with Gasteiger partial charge in [0.05, 0.1) is 12.3 Å². The molecule has 0 aliphatic rings. The summed E-state index contributed by atoms with van der Waals surface area (Å²) in [6, 6.07) is 5.15. The van der Waals surface area contributed by atoms with Crippen LogP contribution in [0.25, 0.3) is 0 Å². The summed E-state index contributed by atoms with van der Waals surface area (Å²) in [5, 5.41) is 0. The molecule has 0 aliphatic heterocycles. The van der Waals surface area contributed by atoms with Crippen molar-refractivity contribution in [1.82, 2.24) is 0 Å². The molecule has 0 radical (unpaired) electrons. The van der Waals surface area contributed by atoms with Crippen molar-refractivity contribution in [3.8, 4) is 5.75 Å². The Bertz CT molecular complexity index is 452. The Hall–Kier alpha value is -1.42. The van der Waals surface area contributed by atoms with E-state index >= 15 is 0 Å². The third-order valence-electron chi connectivity index (χ3n) is 4.77. The van der Waals surface area contributed by atoms with E-state index in [-0.39, 0.29) is 0 Å². The first kappa shape index (κ1) is 22.6. The Kier molecular flexibility index (Phi) is 13.8. The molecule has 26 heavy (non-hydrogen) atoms. The van der Waals surface area contributed by atoms with Crippen LogP contribution in [-0.4, -0.2) is 6.61 Å². The van der Waals surface area contributed by atoms with Crippen LogP contribution in [0.5, 0.6) is 5.75 Å². The molecule has 0 fully saturated rings. The van der Waals surface area contributed by atoms with E-state index in [9.17, 15) is 0 Å². The molecule has 1 aromatic carbocycles. The van der Waals surface area contributed by atoms with Crippen LogP contribution in [0.4, 0.5) is 11.4 Å². The zero-order chi connectivity index (χ0) is 18.9. The van der Waals surface area contributed by atoms with Crippen LogP contribution in [-0.2, 0) is 4.89 Å². The topological polar surface area (TPSA) is 70.5 Å². The second-order valence-electron chi connectivity index (χ2n) is 7.30. The molecule has 1 aromatic rings. The van der Waals surface area contributed by atoms with E-state index in [0.29, 0.717) is 23.7 Å². The predicted molar refractivity (Wildman–Crippen MR) is 112 cm³/mol. The van der Waals surface area contributed by atoms with E-state index in [1.807, 2.05) is 0 Å². The molecule has 1 rings (SSSR count). The Morgan fingerprint density at radius 2 is 1.19 bits per heavy atom. The quantitative estimate of drug-likeness (QED) is 0.141. The standard InChI is InChI=1S/C22H40N2O2/c1-2-3-4-5-6-7-8-9-10-11-12-13-14-15-18-25-26-22-19-20(23)16-17-21(22)24/h16-17,19H,2-15,18,23-24H2,1H3. The molecule has 0 bridgehead atoms. The van der Waals surface area contributed by atoms with E-state index in [1.54, 1.807) is 18.2 Å². The number of hydrogen-bond acceptors (Lipinski definition) is 4. The van der Waals surface area contributed by atoms with Gasteiger partial charge in [-0.05, 0) is 18.6 Å². The maximum Gasteiger partial charge on any atom is 0.190 e. The molecule has 0 heterocycles. The lowest BCUT2D eigenvalue weighted by Gasteiger charge is -2.08. The van der Waals surface area contributed by atoms with Gasteiger partial charge in [-0.15, -0.1) is 0 Å². The summed E-state index contributed by atoms with van der Waals surface area (Å²) < 4.78 is 0. The molecule has 0 amide bonds. The summed E-state index contributed by atoms with van der Waals surface area (Å²) in [5.74, 6) is 0.496. The molecular formula is C22H40N2O2. The Morgan fingerprint density at radius 1 is 0.692 bits per heavy atom. The van der Waals surface area contributed by atoms with Crippen LogP contribution in [0.15, 0.2) is 18.2 Å².